The zero-order valence-corrected chi connectivity index (χ0v) is 11.6. The van der Waals surface area contributed by atoms with Gasteiger partial charge in [-0.15, -0.1) is 24.8 Å². The van der Waals surface area contributed by atoms with Gasteiger partial charge >= 0.3 is 5.97 Å². The second kappa shape index (κ2) is 9.27. The molecule has 0 amide bonds. The van der Waals surface area contributed by atoms with Crippen LogP contribution in [0.3, 0.4) is 0 Å². The van der Waals surface area contributed by atoms with Crippen molar-refractivity contribution in [2.24, 2.45) is 5.73 Å². The quantitative estimate of drug-likeness (QED) is 0.824. The van der Waals surface area contributed by atoms with Gasteiger partial charge in [0.25, 0.3) is 0 Å². The number of ether oxygens (including phenoxy) is 1. The average Bonchev–Trinajstić information content (AvgIpc) is 2.65. The number of nitrogens with two attached hydrogens (primary N) is 1. The van der Waals surface area contributed by atoms with Crippen LogP contribution in [-0.4, -0.2) is 28.7 Å². The van der Waals surface area contributed by atoms with Gasteiger partial charge in [0, 0.05) is 19.2 Å². The van der Waals surface area contributed by atoms with Crippen molar-refractivity contribution in [1.29, 1.82) is 0 Å². The number of aromatic nitrogens is 2. The molecule has 1 heterocycles. The molecule has 5 nitrogen and oxygen atoms in total. The van der Waals surface area contributed by atoms with E-state index in [2.05, 4.69) is 16.6 Å². The number of halogens is 2. The Morgan fingerprint density at radius 2 is 2.24 bits per heavy atom. The van der Waals surface area contributed by atoms with Crippen LogP contribution in [0.15, 0.2) is 12.5 Å². The van der Waals surface area contributed by atoms with E-state index in [1.165, 1.54) is 7.11 Å². The number of esters is 1. The van der Waals surface area contributed by atoms with Crippen molar-refractivity contribution < 1.29 is 9.53 Å². The highest BCUT2D eigenvalue weighted by Gasteiger charge is 2.15. The van der Waals surface area contributed by atoms with Gasteiger partial charge in [0.15, 0.2) is 0 Å². The van der Waals surface area contributed by atoms with E-state index < -0.39 is 12.0 Å². The lowest BCUT2D eigenvalue weighted by molar-refractivity contribution is -0.142. The summed E-state index contributed by atoms with van der Waals surface area (Å²) in [5, 5.41) is 0. The molecule has 0 aromatic carbocycles. The molecule has 0 unspecified atom stereocenters. The molecule has 0 radical (unpaired) electrons. The first-order valence-electron chi connectivity index (χ1n) is 5.01. The Balaban J connectivity index is 0. The maximum absolute atomic E-state index is 11.1. The van der Waals surface area contributed by atoms with E-state index in [1.54, 1.807) is 6.33 Å². The summed E-state index contributed by atoms with van der Waals surface area (Å²) < 4.78 is 6.53. The van der Waals surface area contributed by atoms with Gasteiger partial charge in [0.1, 0.15) is 6.04 Å². The van der Waals surface area contributed by atoms with Crippen molar-refractivity contribution in [3.63, 3.8) is 0 Å². The second-order valence-electron chi connectivity index (χ2n) is 3.44. The lowest BCUT2D eigenvalue weighted by Crippen LogP contribution is -2.33. The molecule has 2 N–H and O–H groups in total. The van der Waals surface area contributed by atoms with Crippen molar-refractivity contribution in [2.45, 2.75) is 32.4 Å². The molecular weight excluding hydrogens is 265 g/mol. The normalized spacial score (nSPS) is 11.0. The predicted molar refractivity (Wildman–Crippen MR) is 70.7 cm³/mol. The Hall–Kier alpha value is -0.780. The fourth-order valence-electron chi connectivity index (χ4n) is 1.35. The molecule has 0 bridgehead atoms. The number of aryl methyl sites for hydroxylation is 1. The van der Waals surface area contributed by atoms with Crippen molar-refractivity contribution in [3.05, 3.63) is 18.2 Å². The molecule has 100 valence electrons. The minimum Gasteiger partial charge on any atom is -0.468 e. The highest BCUT2D eigenvalue weighted by atomic mass is 35.5. The van der Waals surface area contributed by atoms with Crippen LogP contribution in [0.2, 0.25) is 0 Å². The number of imidazole rings is 1. The molecule has 0 fully saturated rings. The summed E-state index contributed by atoms with van der Waals surface area (Å²) in [6.45, 7) is 3.03. The Morgan fingerprint density at radius 1 is 1.59 bits per heavy atom. The Labute approximate surface area is 114 Å². The first kappa shape index (κ1) is 18.6. The molecule has 7 heteroatoms. The summed E-state index contributed by atoms with van der Waals surface area (Å²) in [5.74, 6) is -0.403. The molecule has 1 rings (SSSR count). The summed E-state index contributed by atoms with van der Waals surface area (Å²) in [6.07, 6.45) is 5.14. The van der Waals surface area contributed by atoms with Crippen LogP contribution in [0.1, 0.15) is 19.0 Å². The molecule has 0 aliphatic carbocycles. The Morgan fingerprint density at radius 3 is 2.76 bits per heavy atom. The highest BCUT2D eigenvalue weighted by Crippen LogP contribution is 2.01. The SMILES string of the molecule is CCCn1cnc(C[C@H](N)C(=O)OC)c1.Cl.Cl. The number of rotatable bonds is 5. The third kappa shape index (κ3) is 5.91. The molecule has 0 aliphatic rings. The number of hydrogen-bond donors (Lipinski definition) is 1. The summed E-state index contributed by atoms with van der Waals surface area (Å²) in [5.41, 5.74) is 6.44. The molecular formula is C10H19Cl2N3O2. The van der Waals surface area contributed by atoms with Crippen LogP contribution >= 0.6 is 24.8 Å². The van der Waals surface area contributed by atoms with E-state index in [-0.39, 0.29) is 24.8 Å². The zero-order chi connectivity index (χ0) is 11.3. The van der Waals surface area contributed by atoms with E-state index in [4.69, 9.17) is 5.73 Å². The predicted octanol–water partition coefficient (Wildman–Crippen LogP) is 1.18. The van der Waals surface area contributed by atoms with Crippen LogP contribution in [0.4, 0.5) is 0 Å². The number of methoxy groups -OCH3 is 1. The standard InChI is InChI=1S/C10H17N3O2.2ClH/c1-3-4-13-6-8(12-7-13)5-9(11)10(14)15-2;;/h6-7,9H,3-5,11H2,1-2H3;2*1H/t9-;;/m0../s1. The van der Waals surface area contributed by atoms with Crippen molar-refractivity contribution in [2.75, 3.05) is 7.11 Å². The van der Waals surface area contributed by atoms with Crippen LogP contribution in [0.25, 0.3) is 0 Å². The van der Waals surface area contributed by atoms with Gasteiger partial charge in [0.2, 0.25) is 0 Å². The van der Waals surface area contributed by atoms with E-state index >= 15 is 0 Å². The van der Waals surface area contributed by atoms with E-state index in [1.807, 2.05) is 10.8 Å². The Bertz CT molecular complexity index is 331. The Kier molecular flexibility index (Phi) is 10.1. The summed E-state index contributed by atoms with van der Waals surface area (Å²) in [7, 11) is 1.33. The summed E-state index contributed by atoms with van der Waals surface area (Å²) in [4.78, 5) is 15.2. The van der Waals surface area contributed by atoms with Crippen LogP contribution in [-0.2, 0) is 22.5 Å². The van der Waals surface area contributed by atoms with Crippen molar-refractivity contribution in [3.8, 4) is 0 Å². The lowest BCUT2D eigenvalue weighted by Gasteiger charge is -2.06. The minimum absolute atomic E-state index is 0. The number of carbonyl (C=O) groups is 1. The van der Waals surface area contributed by atoms with Gasteiger partial charge < -0.3 is 15.0 Å². The van der Waals surface area contributed by atoms with Gasteiger partial charge in [-0.1, -0.05) is 6.92 Å². The third-order valence-electron chi connectivity index (χ3n) is 2.10. The van der Waals surface area contributed by atoms with E-state index in [9.17, 15) is 4.79 Å². The average molecular weight is 284 g/mol. The number of carbonyl (C=O) groups excluding carboxylic acids is 1. The van der Waals surface area contributed by atoms with Gasteiger partial charge in [-0.05, 0) is 6.42 Å². The van der Waals surface area contributed by atoms with Gasteiger partial charge in [-0.2, -0.15) is 0 Å². The molecule has 0 saturated heterocycles. The molecule has 1 aromatic heterocycles. The first-order valence-corrected chi connectivity index (χ1v) is 5.01. The molecule has 0 saturated carbocycles. The molecule has 1 aromatic rings. The number of hydrogen-bond acceptors (Lipinski definition) is 4. The van der Waals surface area contributed by atoms with E-state index in [0.29, 0.717) is 6.42 Å². The minimum atomic E-state index is -0.625. The van der Waals surface area contributed by atoms with Crippen LogP contribution in [0, 0.1) is 0 Å². The molecule has 0 spiro atoms. The van der Waals surface area contributed by atoms with Gasteiger partial charge in [-0.25, -0.2) is 4.98 Å². The zero-order valence-electron chi connectivity index (χ0n) is 9.96. The van der Waals surface area contributed by atoms with E-state index in [0.717, 1.165) is 18.7 Å². The summed E-state index contributed by atoms with van der Waals surface area (Å²) >= 11 is 0. The maximum Gasteiger partial charge on any atom is 0.323 e. The third-order valence-corrected chi connectivity index (χ3v) is 2.10. The molecule has 0 aliphatic heterocycles. The van der Waals surface area contributed by atoms with Crippen LogP contribution in [0.5, 0.6) is 0 Å². The number of nitrogens with zero attached hydrogens (tertiary/aromatic N) is 2. The largest absolute Gasteiger partial charge is 0.468 e. The first-order chi connectivity index (χ1) is 7.17. The monoisotopic (exact) mass is 283 g/mol. The maximum atomic E-state index is 11.1. The smallest absolute Gasteiger partial charge is 0.323 e. The topological polar surface area (TPSA) is 70.1 Å². The molecule has 1 atom stereocenters. The van der Waals surface area contributed by atoms with Crippen molar-refractivity contribution >= 4 is 30.8 Å². The summed E-state index contributed by atoms with van der Waals surface area (Å²) in [6, 6.07) is -0.625. The molecule has 17 heavy (non-hydrogen) atoms. The van der Waals surface area contributed by atoms with Crippen molar-refractivity contribution in [1.82, 2.24) is 9.55 Å². The second-order valence-corrected chi connectivity index (χ2v) is 3.44. The lowest BCUT2D eigenvalue weighted by atomic mass is 10.2. The van der Waals surface area contributed by atoms with Crippen LogP contribution < -0.4 is 5.73 Å². The fourth-order valence-corrected chi connectivity index (χ4v) is 1.35. The fraction of sp³-hybridized carbons (Fsp3) is 0.600. The van der Waals surface area contributed by atoms with Gasteiger partial charge in [-0.3, -0.25) is 4.79 Å². The highest BCUT2D eigenvalue weighted by molar-refractivity contribution is 5.85. The van der Waals surface area contributed by atoms with Gasteiger partial charge in [0.05, 0.1) is 19.1 Å².